The highest BCUT2D eigenvalue weighted by Crippen LogP contribution is 2.22. The standard InChI is InChI=1S/C22H26ClN3O3/c1-15-4-3-5-19(16(15)2)29-13-10-21(27)26-11-8-17(9-12-26)22(28)25-20-7-6-18(23)14-24-20/h3-7,14,17H,8-13H2,1-2H3,(H,24,25,28). The molecule has 0 radical (unpaired) electrons. The van der Waals surface area contributed by atoms with E-state index in [4.69, 9.17) is 16.3 Å². The number of carbonyl (C=O) groups excluding carboxylic acids is 2. The van der Waals surface area contributed by atoms with Gasteiger partial charge in [0.15, 0.2) is 0 Å². The van der Waals surface area contributed by atoms with Gasteiger partial charge >= 0.3 is 0 Å². The molecule has 0 atom stereocenters. The number of amides is 2. The molecule has 2 aromatic rings. The number of aromatic nitrogens is 1. The predicted molar refractivity (Wildman–Crippen MR) is 113 cm³/mol. The fourth-order valence-electron chi connectivity index (χ4n) is 3.36. The first kappa shape index (κ1) is 21.1. The molecule has 1 fully saturated rings. The molecule has 0 saturated carbocycles. The summed E-state index contributed by atoms with van der Waals surface area (Å²) in [5, 5.41) is 3.34. The lowest BCUT2D eigenvalue weighted by Gasteiger charge is -2.31. The van der Waals surface area contributed by atoms with Gasteiger partial charge < -0.3 is 15.0 Å². The molecule has 0 aliphatic carbocycles. The average molecular weight is 416 g/mol. The molecule has 29 heavy (non-hydrogen) atoms. The highest BCUT2D eigenvalue weighted by molar-refractivity contribution is 6.30. The highest BCUT2D eigenvalue weighted by Gasteiger charge is 2.27. The number of nitrogens with zero attached hydrogens (tertiary/aromatic N) is 2. The topological polar surface area (TPSA) is 71.5 Å². The molecule has 6 nitrogen and oxygen atoms in total. The number of anilines is 1. The minimum atomic E-state index is -0.122. The Labute approximate surface area is 176 Å². The maximum Gasteiger partial charge on any atom is 0.228 e. The van der Waals surface area contributed by atoms with E-state index in [-0.39, 0.29) is 17.7 Å². The molecule has 1 aliphatic rings. The monoisotopic (exact) mass is 415 g/mol. The van der Waals surface area contributed by atoms with E-state index in [9.17, 15) is 9.59 Å². The molecular formula is C22H26ClN3O3. The third-order valence-electron chi connectivity index (χ3n) is 5.33. The molecule has 0 bridgehead atoms. The SMILES string of the molecule is Cc1cccc(OCCC(=O)N2CCC(C(=O)Nc3ccc(Cl)cn3)CC2)c1C. The molecule has 0 spiro atoms. The Balaban J connectivity index is 1.41. The van der Waals surface area contributed by atoms with Crippen molar-refractivity contribution >= 4 is 29.2 Å². The van der Waals surface area contributed by atoms with E-state index in [2.05, 4.69) is 10.3 Å². The van der Waals surface area contributed by atoms with Gasteiger partial charge in [0.05, 0.1) is 18.1 Å². The van der Waals surface area contributed by atoms with Gasteiger partial charge in [0, 0.05) is 25.2 Å². The average Bonchev–Trinajstić information content (AvgIpc) is 2.73. The first-order valence-corrected chi connectivity index (χ1v) is 10.2. The summed E-state index contributed by atoms with van der Waals surface area (Å²) >= 11 is 5.81. The van der Waals surface area contributed by atoms with E-state index in [0.717, 1.165) is 11.3 Å². The number of rotatable bonds is 6. The van der Waals surface area contributed by atoms with E-state index in [0.29, 0.717) is 49.8 Å². The van der Waals surface area contributed by atoms with Gasteiger partial charge in [0.25, 0.3) is 0 Å². The largest absolute Gasteiger partial charge is 0.493 e. The lowest BCUT2D eigenvalue weighted by Crippen LogP contribution is -2.41. The number of hydrogen-bond acceptors (Lipinski definition) is 4. The first-order valence-electron chi connectivity index (χ1n) is 9.83. The van der Waals surface area contributed by atoms with Crippen molar-refractivity contribution in [2.45, 2.75) is 33.1 Å². The van der Waals surface area contributed by atoms with Crippen LogP contribution in [0.25, 0.3) is 0 Å². The normalized spacial score (nSPS) is 14.5. The van der Waals surface area contributed by atoms with Crippen LogP contribution in [0.5, 0.6) is 5.75 Å². The van der Waals surface area contributed by atoms with Crippen LogP contribution in [0.15, 0.2) is 36.5 Å². The highest BCUT2D eigenvalue weighted by atomic mass is 35.5. The van der Waals surface area contributed by atoms with Crippen LogP contribution in [0.1, 0.15) is 30.4 Å². The lowest BCUT2D eigenvalue weighted by atomic mass is 9.95. The van der Waals surface area contributed by atoms with Crippen LogP contribution in [0.4, 0.5) is 5.82 Å². The van der Waals surface area contributed by atoms with Crippen molar-refractivity contribution in [2.24, 2.45) is 5.92 Å². The van der Waals surface area contributed by atoms with E-state index in [1.165, 1.54) is 11.8 Å². The lowest BCUT2D eigenvalue weighted by molar-refractivity contribution is -0.135. The summed E-state index contributed by atoms with van der Waals surface area (Å²) < 4.78 is 5.79. The minimum absolute atomic E-state index is 0.0635. The van der Waals surface area contributed by atoms with Crippen LogP contribution in [-0.2, 0) is 9.59 Å². The quantitative estimate of drug-likeness (QED) is 0.774. The number of aryl methyl sites for hydroxylation is 1. The molecule has 7 heteroatoms. The maximum atomic E-state index is 12.5. The van der Waals surface area contributed by atoms with E-state index >= 15 is 0 Å². The van der Waals surface area contributed by atoms with Crippen LogP contribution in [-0.4, -0.2) is 41.4 Å². The summed E-state index contributed by atoms with van der Waals surface area (Å²) in [6.45, 7) is 5.56. The Morgan fingerprint density at radius 1 is 1.21 bits per heavy atom. The minimum Gasteiger partial charge on any atom is -0.493 e. The third kappa shape index (κ3) is 5.70. The van der Waals surface area contributed by atoms with Gasteiger partial charge in [-0.3, -0.25) is 9.59 Å². The number of hydrogen-bond donors (Lipinski definition) is 1. The second-order valence-electron chi connectivity index (χ2n) is 7.30. The molecule has 1 aromatic heterocycles. The van der Waals surface area contributed by atoms with Gasteiger partial charge in [-0.15, -0.1) is 0 Å². The third-order valence-corrected chi connectivity index (χ3v) is 5.55. The Kier molecular flexibility index (Phi) is 7.09. The molecule has 3 rings (SSSR count). The van der Waals surface area contributed by atoms with Crippen LogP contribution in [0, 0.1) is 19.8 Å². The van der Waals surface area contributed by atoms with Crippen molar-refractivity contribution < 1.29 is 14.3 Å². The van der Waals surface area contributed by atoms with Crippen molar-refractivity contribution in [2.75, 3.05) is 25.0 Å². The van der Waals surface area contributed by atoms with Gasteiger partial charge in [-0.2, -0.15) is 0 Å². The summed E-state index contributed by atoms with van der Waals surface area (Å²) in [7, 11) is 0. The zero-order chi connectivity index (χ0) is 20.8. The predicted octanol–water partition coefficient (Wildman–Crippen LogP) is 4.00. The number of pyridine rings is 1. The molecule has 2 amide bonds. The fraction of sp³-hybridized carbons (Fsp3) is 0.409. The van der Waals surface area contributed by atoms with Gasteiger partial charge in [-0.1, -0.05) is 23.7 Å². The molecule has 1 aromatic carbocycles. The van der Waals surface area contributed by atoms with E-state index in [1.807, 2.05) is 36.9 Å². The summed E-state index contributed by atoms with van der Waals surface area (Å²) in [6.07, 6.45) is 3.11. The van der Waals surface area contributed by atoms with Gasteiger partial charge in [0.1, 0.15) is 11.6 Å². The zero-order valence-corrected chi connectivity index (χ0v) is 17.5. The molecule has 2 heterocycles. The number of benzene rings is 1. The first-order chi connectivity index (χ1) is 13.9. The van der Waals surface area contributed by atoms with Gasteiger partial charge in [-0.05, 0) is 56.0 Å². The number of nitrogens with one attached hydrogen (secondary N) is 1. The molecule has 154 valence electrons. The summed E-state index contributed by atoms with van der Waals surface area (Å²) in [5.74, 6) is 1.19. The maximum absolute atomic E-state index is 12.5. The number of piperidine rings is 1. The van der Waals surface area contributed by atoms with E-state index in [1.54, 1.807) is 12.1 Å². The molecule has 0 unspecified atom stereocenters. The van der Waals surface area contributed by atoms with Crippen molar-refractivity contribution in [3.63, 3.8) is 0 Å². The number of likely N-dealkylation sites (tertiary alicyclic amines) is 1. The van der Waals surface area contributed by atoms with Crippen molar-refractivity contribution in [1.29, 1.82) is 0 Å². The molecule has 1 aliphatic heterocycles. The number of ether oxygens (including phenoxy) is 1. The zero-order valence-electron chi connectivity index (χ0n) is 16.8. The second-order valence-corrected chi connectivity index (χ2v) is 7.74. The Hall–Kier alpha value is -2.60. The fourth-order valence-corrected chi connectivity index (χ4v) is 3.47. The molecule has 1 saturated heterocycles. The Morgan fingerprint density at radius 3 is 2.66 bits per heavy atom. The summed E-state index contributed by atoms with van der Waals surface area (Å²) in [6, 6.07) is 9.28. The second kappa shape index (κ2) is 9.74. The van der Waals surface area contributed by atoms with Crippen molar-refractivity contribution in [3.05, 3.63) is 52.7 Å². The van der Waals surface area contributed by atoms with Gasteiger partial charge in [-0.25, -0.2) is 4.98 Å². The number of halogens is 1. The van der Waals surface area contributed by atoms with Crippen LogP contribution in [0.3, 0.4) is 0 Å². The van der Waals surface area contributed by atoms with Gasteiger partial charge in [0.2, 0.25) is 11.8 Å². The number of carbonyl (C=O) groups is 2. The smallest absolute Gasteiger partial charge is 0.228 e. The van der Waals surface area contributed by atoms with Crippen LogP contribution in [0.2, 0.25) is 5.02 Å². The Morgan fingerprint density at radius 2 is 1.97 bits per heavy atom. The summed E-state index contributed by atoms with van der Waals surface area (Å²) in [4.78, 5) is 30.8. The van der Waals surface area contributed by atoms with Crippen molar-refractivity contribution in [3.8, 4) is 5.75 Å². The van der Waals surface area contributed by atoms with Crippen molar-refractivity contribution in [1.82, 2.24) is 9.88 Å². The van der Waals surface area contributed by atoms with E-state index < -0.39 is 0 Å². The molecule has 1 N–H and O–H groups in total. The molecular weight excluding hydrogens is 390 g/mol. The summed E-state index contributed by atoms with van der Waals surface area (Å²) in [5.41, 5.74) is 2.27. The Bertz CT molecular complexity index is 862. The van der Waals surface area contributed by atoms with Crippen LogP contribution >= 0.6 is 11.6 Å². The van der Waals surface area contributed by atoms with Crippen LogP contribution < -0.4 is 10.1 Å².